The number of nitrogens with zero attached hydrogens (tertiary/aromatic N) is 1. The van der Waals surface area contributed by atoms with Crippen molar-refractivity contribution in [2.45, 2.75) is 13.5 Å². The molecule has 0 spiro atoms. The molecule has 1 amide bonds. The van der Waals surface area contributed by atoms with Crippen LogP contribution in [0.5, 0.6) is 11.5 Å². The third kappa shape index (κ3) is 5.85. The maximum Gasteiger partial charge on any atom is 0.363 e. The van der Waals surface area contributed by atoms with Gasteiger partial charge < -0.3 is 19.5 Å². The normalized spacial score (nSPS) is 13.9. The highest BCUT2D eigenvalue weighted by Crippen LogP contribution is 2.38. The summed E-state index contributed by atoms with van der Waals surface area (Å²) in [6.07, 6.45) is 1.53. The summed E-state index contributed by atoms with van der Waals surface area (Å²) < 4.78 is 29.6. The molecule has 0 bridgehead atoms. The fraction of sp³-hybridized carbons (Fsp3) is 0.115. The van der Waals surface area contributed by atoms with Gasteiger partial charge in [-0.2, -0.15) is 0 Å². The molecular formula is C26H20ClFN2O5. The van der Waals surface area contributed by atoms with Gasteiger partial charge in [-0.05, 0) is 65.7 Å². The van der Waals surface area contributed by atoms with E-state index in [0.29, 0.717) is 28.3 Å². The van der Waals surface area contributed by atoms with Gasteiger partial charge in [0.05, 0.1) is 12.1 Å². The third-order valence-corrected chi connectivity index (χ3v) is 5.21. The molecule has 0 aliphatic carbocycles. The number of nitrogens with one attached hydrogen (secondary N) is 1. The Morgan fingerprint density at radius 3 is 2.51 bits per heavy atom. The van der Waals surface area contributed by atoms with Crippen LogP contribution >= 0.6 is 11.6 Å². The van der Waals surface area contributed by atoms with Gasteiger partial charge in [0, 0.05) is 18.2 Å². The lowest BCUT2D eigenvalue weighted by Gasteiger charge is -2.13. The smallest absolute Gasteiger partial charge is 0.363 e. The van der Waals surface area contributed by atoms with Crippen LogP contribution in [0.2, 0.25) is 5.02 Å². The zero-order valence-electron chi connectivity index (χ0n) is 18.8. The predicted molar refractivity (Wildman–Crippen MR) is 130 cm³/mol. The van der Waals surface area contributed by atoms with Crippen molar-refractivity contribution < 1.29 is 28.2 Å². The van der Waals surface area contributed by atoms with Gasteiger partial charge in [-0.3, -0.25) is 4.79 Å². The van der Waals surface area contributed by atoms with Gasteiger partial charge in [0.25, 0.3) is 0 Å². The summed E-state index contributed by atoms with van der Waals surface area (Å²) in [5.41, 5.74) is 2.60. The number of methoxy groups -OCH3 is 1. The SMILES string of the molecule is COc1cc(/C=C2\N=C(c3ccc(NC(C)=O)cc3)OC2=O)cc(Cl)c1OCc1ccc(F)cc1. The Hall–Kier alpha value is -4.17. The Labute approximate surface area is 205 Å². The average Bonchev–Trinajstić information content (AvgIpc) is 3.19. The zero-order chi connectivity index (χ0) is 24.9. The van der Waals surface area contributed by atoms with Gasteiger partial charge in [-0.1, -0.05) is 23.7 Å². The highest BCUT2D eigenvalue weighted by Gasteiger charge is 2.24. The number of rotatable bonds is 7. The Balaban J connectivity index is 1.54. The highest BCUT2D eigenvalue weighted by atomic mass is 35.5. The molecule has 0 atom stereocenters. The van der Waals surface area contributed by atoms with Gasteiger partial charge >= 0.3 is 5.97 Å². The second-order valence-corrected chi connectivity index (χ2v) is 7.95. The first-order chi connectivity index (χ1) is 16.8. The molecule has 35 heavy (non-hydrogen) atoms. The van der Waals surface area contributed by atoms with E-state index in [0.717, 1.165) is 5.56 Å². The number of ether oxygens (including phenoxy) is 3. The van der Waals surface area contributed by atoms with E-state index in [1.165, 1.54) is 32.2 Å². The summed E-state index contributed by atoms with van der Waals surface area (Å²) in [6, 6.07) is 15.9. The molecule has 1 aliphatic rings. The van der Waals surface area contributed by atoms with E-state index >= 15 is 0 Å². The van der Waals surface area contributed by atoms with Crippen molar-refractivity contribution in [1.82, 2.24) is 0 Å². The molecule has 1 aliphatic heterocycles. The second-order valence-electron chi connectivity index (χ2n) is 7.54. The number of hydrogen-bond donors (Lipinski definition) is 1. The lowest BCUT2D eigenvalue weighted by molar-refractivity contribution is -0.129. The summed E-state index contributed by atoms with van der Waals surface area (Å²) in [7, 11) is 1.47. The number of carbonyl (C=O) groups is 2. The Morgan fingerprint density at radius 1 is 1.14 bits per heavy atom. The number of hydrogen-bond acceptors (Lipinski definition) is 6. The van der Waals surface area contributed by atoms with Gasteiger partial charge in [-0.25, -0.2) is 14.2 Å². The topological polar surface area (TPSA) is 86.2 Å². The van der Waals surface area contributed by atoms with Crippen molar-refractivity contribution >= 4 is 41.1 Å². The molecule has 7 nitrogen and oxygen atoms in total. The molecule has 0 unspecified atom stereocenters. The molecule has 0 saturated carbocycles. The van der Waals surface area contributed by atoms with Crippen LogP contribution in [0.25, 0.3) is 6.08 Å². The van der Waals surface area contributed by atoms with Crippen LogP contribution < -0.4 is 14.8 Å². The van der Waals surface area contributed by atoms with Crippen LogP contribution in [0.1, 0.15) is 23.6 Å². The lowest BCUT2D eigenvalue weighted by Crippen LogP contribution is -2.07. The molecule has 0 saturated heterocycles. The second kappa shape index (κ2) is 10.4. The first kappa shape index (κ1) is 24.0. The van der Waals surface area contributed by atoms with Gasteiger partial charge in [0.2, 0.25) is 11.8 Å². The molecule has 0 fully saturated rings. The van der Waals surface area contributed by atoms with Crippen LogP contribution in [-0.4, -0.2) is 24.9 Å². The van der Waals surface area contributed by atoms with Gasteiger partial charge in [0.1, 0.15) is 12.4 Å². The van der Waals surface area contributed by atoms with Crippen LogP contribution in [0.4, 0.5) is 10.1 Å². The Morgan fingerprint density at radius 2 is 1.86 bits per heavy atom. The van der Waals surface area contributed by atoms with Crippen molar-refractivity contribution in [2.24, 2.45) is 4.99 Å². The number of benzene rings is 3. The van der Waals surface area contributed by atoms with E-state index < -0.39 is 5.97 Å². The van der Waals surface area contributed by atoms with Crippen LogP contribution in [0, 0.1) is 5.82 Å². The zero-order valence-corrected chi connectivity index (χ0v) is 19.6. The number of esters is 1. The number of amides is 1. The maximum atomic E-state index is 13.1. The number of halogens is 2. The van der Waals surface area contributed by atoms with Crippen LogP contribution in [0.15, 0.2) is 71.4 Å². The van der Waals surface area contributed by atoms with E-state index in [4.69, 9.17) is 25.8 Å². The molecule has 9 heteroatoms. The van der Waals surface area contributed by atoms with E-state index in [1.54, 1.807) is 48.5 Å². The lowest BCUT2D eigenvalue weighted by atomic mass is 10.1. The standard InChI is InChI=1S/C26H20ClFN2O5/c1-15(31)29-20-9-5-18(6-10-20)25-30-22(26(32)35-25)12-17-11-21(27)24(23(13-17)33-2)34-14-16-3-7-19(28)8-4-16/h3-13H,14H2,1-2H3,(H,29,31)/b22-12-. The van der Waals surface area contributed by atoms with E-state index in [9.17, 15) is 14.0 Å². The van der Waals surface area contributed by atoms with Gasteiger partial charge in [0.15, 0.2) is 17.2 Å². The number of aliphatic imine (C=N–C) groups is 1. The van der Waals surface area contributed by atoms with Crippen molar-refractivity contribution in [1.29, 1.82) is 0 Å². The fourth-order valence-electron chi connectivity index (χ4n) is 3.29. The Bertz CT molecular complexity index is 1340. The third-order valence-electron chi connectivity index (χ3n) is 4.92. The predicted octanol–water partition coefficient (Wildman–Crippen LogP) is 5.37. The monoisotopic (exact) mass is 494 g/mol. The average molecular weight is 495 g/mol. The van der Waals surface area contributed by atoms with Crippen molar-refractivity contribution in [3.8, 4) is 11.5 Å². The van der Waals surface area contributed by atoms with Crippen molar-refractivity contribution in [3.63, 3.8) is 0 Å². The fourth-order valence-corrected chi connectivity index (χ4v) is 3.56. The van der Waals surface area contributed by atoms with Crippen LogP contribution in [0.3, 0.4) is 0 Å². The first-order valence-corrected chi connectivity index (χ1v) is 10.9. The molecule has 1 N–H and O–H groups in total. The minimum absolute atomic E-state index is 0.0871. The minimum Gasteiger partial charge on any atom is -0.493 e. The molecule has 0 radical (unpaired) electrons. The molecular weight excluding hydrogens is 475 g/mol. The summed E-state index contributed by atoms with van der Waals surface area (Å²) in [5.74, 6) is -0.312. The highest BCUT2D eigenvalue weighted by molar-refractivity contribution is 6.32. The van der Waals surface area contributed by atoms with E-state index in [1.807, 2.05) is 0 Å². The number of carbonyl (C=O) groups excluding carboxylic acids is 2. The first-order valence-electron chi connectivity index (χ1n) is 10.5. The molecule has 4 rings (SSSR count). The minimum atomic E-state index is -0.613. The number of cyclic esters (lactones) is 1. The van der Waals surface area contributed by atoms with E-state index in [2.05, 4.69) is 10.3 Å². The molecule has 178 valence electrons. The maximum absolute atomic E-state index is 13.1. The molecule has 1 heterocycles. The Kier molecular flexibility index (Phi) is 7.12. The summed E-state index contributed by atoms with van der Waals surface area (Å²) in [5, 5.41) is 2.93. The van der Waals surface area contributed by atoms with Crippen molar-refractivity contribution in [3.05, 3.63) is 93.9 Å². The molecule has 3 aromatic rings. The van der Waals surface area contributed by atoms with E-state index in [-0.39, 0.29) is 34.9 Å². The summed E-state index contributed by atoms with van der Waals surface area (Å²) in [6.45, 7) is 1.58. The molecule has 0 aromatic heterocycles. The summed E-state index contributed by atoms with van der Waals surface area (Å²) in [4.78, 5) is 27.8. The van der Waals surface area contributed by atoms with Gasteiger partial charge in [-0.15, -0.1) is 0 Å². The number of anilines is 1. The molecule has 3 aromatic carbocycles. The van der Waals surface area contributed by atoms with Crippen molar-refractivity contribution in [2.75, 3.05) is 12.4 Å². The summed E-state index contributed by atoms with van der Waals surface area (Å²) >= 11 is 6.43. The van der Waals surface area contributed by atoms with Crippen LogP contribution in [-0.2, 0) is 20.9 Å². The quantitative estimate of drug-likeness (QED) is 0.352. The largest absolute Gasteiger partial charge is 0.493 e.